The fourth-order valence-electron chi connectivity index (χ4n) is 1.57. The molecular weight excluding hydrogens is 226 g/mol. The van der Waals surface area contributed by atoms with Crippen LogP contribution in [0.2, 0.25) is 0 Å². The number of pyridine rings is 1. The number of carbonyl (C=O) groups excluding carboxylic acids is 2. The van der Waals surface area contributed by atoms with E-state index in [2.05, 4.69) is 4.98 Å². The first kappa shape index (κ1) is 10.9. The van der Waals surface area contributed by atoms with Crippen LogP contribution in [-0.2, 0) is 0 Å². The van der Waals surface area contributed by atoms with Gasteiger partial charge < -0.3 is 24.8 Å². The number of aromatic amines is 1. The van der Waals surface area contributed by atoms with Crippen LogP contribution in [-0.4, -0.2) is 16.9 Å². The fraction of sp³-hybridized carbons (Fsp3) is 0. The fourth-order valence-corrected chi connectivity index (χ4v) is 1.57. The van der Waals surface area contributed by atoms with Gasteiger partial charge in [0, 0.05) is 17.1 Å². The number of nitrogens with one attached hydrogen (secondary N) is 1. The van der Waals surface area contributed by atoms with E-state index in [4.69, 9.17) is 0 Å². The molecule has 1 aromatic heterocycles. The lowest BCUT2D eigenvalue weighted by atomic mass is 10.1. The van der Waals surface area contributed by atoms with E-state index in [-0.39, 0.29) is 16.5 Å². The number of benzene rings is 1. The van der Waals surface area contributed by atoms with E-state index in [1.54, 1.807) is 0 Å². The van der Waals surface area contributed by atoms with Crippen molar-refractivity contribution in [2.45, 2.75) is 0 Å². The molecule has 6 heteroatoms. The molecule has 0 saturated carbocycles. The number of carboxylic acid groups (broad SMARTS) is 2. The number of carbonyl (C=O) groups is 2. The largest absolute Gasteiger partial charge is 0.545 e. The molecule has 0 radical (unpaired) electrons. The zero-order valence-corrected chi connectivity index (χ0v) is 8.35. The summed E-state index contributed by atoms with van der Waals surface area (Å²) >= 11 is 0. The summed E-state index contributed by atoms with van der Waals surface area (Å²) in [5.41, 5.74) is -1.51. The molecule has 1 aromatic carbocycles. The minimum absolute atomic E-state index is 0.0301. The number of fused-ring (bicyclic) bond motifs is 1. The summed E-state index contributed by atoms with van der Waals surface area (Å²) in [4.78, 5) is 35.5. The van der Waals surface area contributed by atoms with Gasteiger partial charge in [-0.15, -0.1) is 0 Å². The highest BCUT2D eigenvalue weighted by atomic mass is 16.4. The van der Waals surface area contributed by atoms with Gasteiger partial charge in [-0.2, -0.15) is 0 Å². The van der Waals surface area contributed by atoms with Crippen LogP contribution in [0.3, 0.4) is 0 Å². The molecular formula is C11H5NO5-2. The zero-order valence-electron chi connectivity index (χ0n) is 8.35. The van der Waals surface area contributed by atoms with E-state index in [0.717, 1.165) is 6.20 Å². The van der Waals surface area contributed by atoms with Crippen molar-refractivity contribution in [3.8, 4) is 0 Å². The number of aromatic nitrogens is 1. The number of H-pyrrole nitrogens is 1. The molecule has 0 unspecified atom stereocenters. The quantitative estimate of drug-likeness (QED) is 0.658. The second-order valence-electron chi connectivity index (χ2n) is 3.33. The Hall–Kier alpha value is -2.63. The maximum Gasteiger partial charge on any atom is 0.198 e. The van der Waals surface area contributed by atoms with Crippen LogP contribution in [0.4, 0.5) is 0 Å². The number of rotatable bonds is 2. The second-order valence-corrected chi connectivity index (χ2v) is 3.33. The SMILES string of the molecule is O=C([O-])c1c[nH]c2c(C(=O)[O-])cccc2c1=O. The number of hydrogen-bond donors (Lipinski definition) is 1. The summed E-state index contributed by atoms with van der Waals surface area (Å²) in [5.74, 6) is -3.07. The molecule has 0 aliphatic heterocycles. The third-order valence-corrected chi connectivity index (χ3v) is 2.35. The summed E-state index contributed by atoms with van der Waals surface area (Å²) in [6.45, 7) is 0. The van der Waals surface area contributed by atoms with E-state index < -0.39 is 22.9 Å². The van der Waals surface area contributed by atoms with Gasteiger partial charge in [-0.05, 0) is 6.07 Å². The molecule has 0 aliphatic rings. The standard InChI is InChI=1S/C11H7NO5/c13-9-5-2-1-3-6(10(14)15)8(5)12-4-7(9)11(16)17/h1-4H,(H,12,13)(H,14,15)(H,16,17)/p-2. The highest BCUT2D eigenvalue weighted by molar-refractivity contribution is 6.02. The summed E-state index contributed by atoms with van der Waals surface area (Å²) in [5, 5.41) is 21.4. The van der Waals surface area contributed by atoms with Crippen molar-refractivity contribution < 1.29 is 19.8 Å². The number of aromatic carboxylic acids is 2. The lowest BCUT2D eigenvalue weighted by molar-refractivity contribution is -0.256. The maximum absolute atomic E-state index is 11.7. The van der Waals surface area contributed by atoms with Gasteiger partial charge in [0.05, 0.1) is 23.0 Å². The Labute approximate surface area is 94.1 Å². The van der Waals surface area contributed by atoms with Crippen molar-refractivity contribution in [1.29, 1.82) is 0 Å². The summed E-state index contributed by atoms with van der Waals surface area (Å²) in [7, 11) is 0. The van der Waals surface area contributed by atoms with Crippen LogP contribution in [0.1, 0.15) is 20.7 Å². The Morgan fingerprint density at radius 2 is 1.71 bits per heavy atom. The van der Waals surface area contributed by atoms with Crippen LogP contribution < -0.4 is 15.6 Å². The Morgan fingerprint density at radius 1 is 1.06 bits per heavy atom. The Balaban J connectivity index is 2.90. The second kappa shape index (κ2) is 3.75. The molecule has 86 valence electrons. The molecule has 2 rings (SSSR count). The topological polar surface area (TPSA) is 113 Å². The van der Waals surface area contributed by atoms with Crippen LogP contribution in [0, 0.1) is 0 Å². The van der Waals surface area contributed by atoms with Gasteiger partial charge in [0.15, 0.2) is 5.43 Å². The first-order valence-electron chi connectivity index (χ1n) is 4.59. The normalized spacial score (nSPS) is 10.4. The van der Waals surface area contributed by atoms with E-state index in [0.29, 0.717) is 0 Å². The molecule has 0 atom stereocenters. The van der Waals surface area contributed by atoms with Gasteiger partial charge in [0.2, 0.25) is 0 Å². The maximum atomic E-state index is 11.7. The molecule has 0 fully saturated rings. The lowest BCUT2D eigenvalue weighted by Gasteiger charge is -2.08. The Kier molecular flexibility index (Phi) is 2.40. The summed E-state index contributed by atoms with van der Waals surface area (Å²) < 4.78 is 0. The Bertz CT molecular complexity index is 686. The molecule has 0 bridgehead atoms. The predicted molar refractivity (Wildman–Crippen MR) is 53.2 cm³/mol. The molecule has 6 nitrogen and oxygen atoms in total. The van der Waals surface area contributed by atoms with Crippen molar-refractivity contribution >= 4 is 22.8 Å². The monoisotopic (exact) mass is 231 g/mol. The van der Waals surface area contributed by atoms with E-state index in [1.165, 1.54) is 18.2 Å². The number of hydrogen-bond acceptors (Lipinski definition) is 5. The molecule has 0 spiro atoms. The van der Waals surface area contributed by atoms with Gasteiger partial charge in [0.1, 0.15) is 0 Å². The number of carboxylic acids is 2. The zero-order chi connectivity index (χ0) is 12.6. The average molecular weight is 231 g/mol. The van der Waals surface area contributed by atoms with Crippen molar-refractivity contribution in [2.24, 2.45) is 0 Å². The minimum atomic E-state index is -1.62. The lowest BCUT2D eigenvalue weighted by Crippen LogP contribution is -2.29. The van der Waals surface area contributed by atoms with Gasteiger partial charge in [-0.1, -0.05) is 12.1 Å². The van der Waals surface area contributed by atoms with Gasteiger partial charge in [-0.25, -0.2) is 0 Å². The molecule has 0 saturated heterocycles. The smallest absolute Gasteiger partial charge is 0.198 e. The third kappa shape index (κ3) is 1.65. The van der Waals surface area contributed by atoms with Crippen molar-refractivity contribution in [3.63, 3.8) is 0 Å². The van der Waals surface area contributed by atoms with Crippen molar-refractivity contribution in [3.05, 3.63) is 45.7 Å². The van der Waals surface area contributed by atoms with Gasteiger partial charge in [-0.3, -0.25) is 4.79 Å². The average Bonchev–Trinajstić information content (AvgIpc) is 2.28. The predicted octanol–water partition coefficient (Wildman–Crippen LogP) is -1.74. The molecule has 17 heavy (non-hydrogen) atoms. The minimum Gasteiger partial charge on any atom is -0.545 e. The van der Waals surface area contributed by atoms with Crippen LogP contribution in [0.15, 0.2) is 29.2 Å². The summed E-state index contributed by atoms with van der Waals surface area (Å²) in [6.07, 6.45) is 0.909. The molecule has 2 aromatic rings. The van der Waals surface area contributed by atoms with Gasteiger partial charge in [0.25, 0.3) is 0 Å². The van der Waals surface area contributed by atoms with E-state index in [1.807, 2.05) is 0 Å². The highest BCUT2D eigenvalue weighted by Crippen LogP contribution is 2.13. The van der Waals surface area contributed by atoms with Gasteiger partial charge >= 0.3 is 0 Å². The van der Waals surface area contributed by atoms with Crippen molar-refractivity contribution in [1.82, 2.24) is 4.98 Å². The first-order valence-corrected chi connectivity index (χ1v) is 4.59. The van der Waals surface area contributed by atoms with Crippen LogP contribution >= 0.6 is 0 Å². The molecule has 1 heterocycles. The van der Waals surface area contributed by atoms with Crippen LogP contribution in [0.25, 0.3) is 10.9 Å². The molecule has 0 aliphatic carbocycles. The number of para-hydroxylation sites is 1. The Morgan fingerprint density at radius 3 is 2.29 bits per heavy atom. The van der Waals surface area contributed by atoms with Crippen LogP contribution in [0.5, 0.6) is 0 Å². The van der Waals surface area contributed by atoms with E-state index in [9.17, 15) is 24.6 Å². The first-order chi connectivity index (χ1) is 8.02. The third-order valence-electron chi connectivity index (χ3n) is 2.35. The van der Waals surface area contributed by atoms with E-state index >= 15 is 0 Å². The molecule has 1 N–H and O–H groups in total. The molecule has 0 amide bonds. The summed E-state index contributed by atoms with van der Waals surface area (Å²) in [6, 6.07) is 3.92. The highest BCUT2D eigenvalue weighted by Gasteiger charge is 2.08. The van der Waals surface area contributed by atoms with Crippen molar-refractivity contribution in [2.75, 3.05) is 0 Å².